The summed E-state index contributed by atoms with van der Waals surface area (Å²) in [6, 6.07) is 6.74. The van der Waals surface area contributed by atoms with Gasteiger partial charge in [-0.2, -0.15) is 5.26 Å². The third-order valence-electron chi connectivity index (χ3n) is 2.62. The maximum absolute atomic E-state index is 11.8. The molecule has 0 saturated carbocycles. The second-order valence-corrected chi connectivity index (χ2v) is 3.88. The van der Waals surface area contributed by atoms with Crippen LogP contribution < -0.4 is 4.74 Å². The standard InChI is InChI=1S/C14H15NO4/c1-4-19-14(17)13(16)11(8-15)10-5-6-12(18-3)9(2)7-10/h5-7,11H,4H2,1-3H3. The van der Waals surface area contributed by atoms with E-state index in [0.717, 1.165) is 5.56 Å². The van der Waals surface area contributed by atoms with Crippen molar-refractivity contribution in [3.8, 4) is 11.8 Å². The van der Waals surface area contributed by atoms with Gasteiger partial charge in [-0.05, 0) is 31.0 Å². The van der Waals surface area contributed by atoms with E-state index in [-0.39, 0.29) is 6.61 Å². The third kappa shape index (κ3) is 3.32. The Kier molecular flexibility index (Phi) is 5.07. The van der Waals surface area contributed by atoms with E-state index in [1.807, 2.05) is 6.07 Å². The van der Waals surface area contributed by atoms with E-state index in [1.54, 1.807) is 32.0 Å². The summed E-state index contributed by atoms with van der Waals surface area (Å²) in [4.78, 5) is 23.2. The molecule has 0 radical (unpaired) electrons. The van der Waals surface area contributed by atoms with Crippen molar-refractivity contribution in [1.29, 1.82) is 5.26 Å². The molecule has 0 fully saturated rings. The maximum Gasteiger partial charge on any atom is 0.376 e. The number of hydrogen-bond donors (Lipinski definition) is 0. The zero-order valence-corrected chi connectivity index (χ0v) is 11.1. The van der Waals surface area contributed by atoms with Crippen molar-refractivity contribution in [2.75, 3.05) is 13.7 Å². The van der Waals surface area contributed by atoms with Crippen molar-refractivity contribution in [2.24, 2.45) is 0 Å². The van der Waals surface area contributed by atoms with Crippen LogP contribution in [-0.2, 0) is 14.3 Å². The lowest BCUT2D eigenvalue weighted by molar-refractivity contribution is -0.153. The molecule has 0 bridgehead atoms. The van der Waals surface area contributed by atoms with Crippen LogP contribution in [0, 0.1) is 18.3 Å². The van der Waals surface area contributed by atoms with Crippen molar-refractivity contribution in [1.82, 2.24) is 0 Å². The molecule has 1 aromatic carbocycles. The molecule has 0 amide bonds. The fraction of sp³-hybridized carbons (Fsp3) is 0.357. The SMILES string of the molecule is CCOC(=O)C(=O)C(C#N)c1ccc(OC)c(C)c1. The Morgan fingerprint density at radius 2 is 2.11 bits per heavy atom. The smallest absolute Gasteiger partial charge is 0.376 e. The second kappa shape index (κ2) is 6.55. The minimum atomic E-state index is -1.15. The van der Waals surface area contributed by atoms with Crippen LogP contribution in [0.3, 0.4) is 0 Å². The number of carbonyl (C=O) groups excluding carboxylic acids is 2. The molecule has 0 heterocycles. The van der Waals surface area contributed by atoms with Crippen LogP contribution in [0.1, 0.15) is 24.0 Å². The zero-order valence-electron chi connectivity index (χ0n) is 11.1. The Labute approximate surface area is 111 Å². The largest absolute Gasteiger partial charge is 0.496 e. The van der Waals surface area contributed by atoms with Gasteiger partial charge in [0.15, 0.2) is 0 Å². The Morgan fingerprint density at radius 1 is 1.42 bits per heavy atom. The van der Waals surface area contributed by atoms with Crippen LogP contribution in [-0.4, -0.2) is 25.5 Å². The number of rotatable bonds is 5. The normalized spacial score (nSPS) is 11.3. The van der Waals surface area contributed by atoms with E-state index in [2.05, 4.69) is 4.74 Å². The number of carbonyl (C=O) groups is 2. The Balaban J connectivity index is 3.05. The molecule has 19 heavy (non-hydrogen) atoms. The third-order valence-corrected chi connectivity index (χ3v) is 2.62. The topological polar surface area (TPSA) is 76.4 Å². The van der Waals surface area contributed by atoms with Gasteiger partial charge in [-0.1, -0.05) is 12.1 Å². The molecule has 1 aromatic rings. The Bertz CT molecular complexity index is 531. The number of nitrogens with zero attached hydrogens (tertiary/aromatic N) is 1. The highest BCUT2D eigenvalue weighted by molar-refractivity contribution is 6.36. The quantitative estimate of drug-likeness (QED) is 0.596. The van der Waals surface area contributed by atoms with Crippen LogP contribution in [0.15, 0.2) is 18.2 Å². The van der Waals surface area contributed by atoms with Crippen LogP contribution in [0.25, 0.3) is 0 Å². The van der Waals surface area contributed by atoms with Gasteiger partial charge in [0.25, 0.3) is 5.78 Å². The van der Waals surface area contributed by atoms with Gasteiger partial charge in [-0.25, -0.2) is 4.79 Å². The van der Waals surface area contributed by atoms with E-state index >= 15 is 0 Å². The van der Waals surface area contributed by atoms with E-state index < -0.39 is 17.7 Å². The minimum Gasteiger partial charge on any atom is -0.496 e. The Hall–Kier alpha value is -2.35. The van der Waals surface area contributed by atoms with Gasteiger partial charge in [0.05, 0.1) is 19.8 Å². The molecule has 0 spiro atoms. The summed E-state index contributed by atoms with van der Waals surface area (Å²) < 4.78 is 9.72. The summed E-state index contributed by atoms with van der Waals surface area (Å²) in [6.07, 6.45) is 0. The number of Topliss-reactive ketones (excluding diaryl/α,β-unsaturated/α-hetero) is 1. The molecule has 100 valence electrons. The first-order chi connectivity index (χ1) is 9.04. The molecule has 0 aliphatic carbocycles. The van der Waals surface area contributed by atoms with E-state index in [4.69, 9.17) is 10.00 Å². The molecule has 5 heteroatoms. The molecule has 0 aromatic heterocycles. The van der Waals surface area contributed by atoms with Gasteiger partial charge >= 0.3 is 5.97 Å². The number of benzene rings is 1. The molecular weight excluding hydrogens is 246 g/mol. The number of esters is 1. The number of ether oxygens (including phenoxy) is 2. The average molecular weight is 261 g/mol. The number of methoxy groups -OCH3 is 1. The van der Waals surface area contributed by atoms with Crippen molar-refractivity contribution in [3.05, 3.63) is 29.3 Å². The molecule has 0 N–H and O–H groups in total. The number of ketones is 1. The van der Waals surface area contributed by atoms with Crippen molar-refractivity contribution in [3.63, 3.8) is 0 Å². The molecule has 1 unspecified atom stereocenters. The highest BCUT2D eigenvalue weighted by atomic mass is 16.5. The van der Waals surface area contributed by atoms with Crippen LogP contribution in [0.2, 0.25) is 0 Å². The van der Waals surface area contributed by atoms with Crippen molar-refractivity contribution in [2.45, 2.75) is 19.8 Å². The summed E-state index contributed by atoms with van der Waals surface area (Å²) in [7, 11) is 1.54. The number of hydrogen-bond acceptors (Lipinski definition) is 5. The van der Waals surface area contributed by atoms with E-state index in [0.29, 0.717) is 11.3 Å². The summed E-state index contributed by atoms with van der Waals surface area (Å²) in [6.45, 7) is 3.50. The van der Waals surface area contributed by atoms with Crippen LogP contribution in [0.4, 0.5) is 0 Å². The van der Waals surface area contributed by atoms with Crippen LogP contribution >= 0.6 is 0 Å². The molecule has 5 nitrogen and oxygen atoms in total. The lowest BCUT2D eigenvalue weighted by Crippen LogP contribution is -2.23. The lowest BCUT2D eigenvalue weighted by Gasteiger charge is -2.10. The zero-order chi connectivity index (χ0) is 14.4. The van der Waals surface area contributed by atoms with Gasteiger partial charge in [0.1, 0.15) is 11.7 Å². The Morgan fingerprint density at radius 3 is 2.58 bits per heavy atom. The fourth-order valence-electron chi connectivity index (χ4n) is 1.69. The predicted molar refractivity (Wildman–Crippen MR) is 67.7 cm³/mol. The van der Waals surface area contributed by atoms with Gasteiger partial charge in [0, 0.05) is 0 Å². The molecule has 0 aliphatic rings. The first kappa shape index (κ1) is 14.7. The number of nitriles is 1. The van der Waals surface area contributed by atoms with Gasteiger partial charge in [0.2, 0.25) is 0 Å². The average Bonchev–Trinajstić information content (AvgIpc) is 2.40. The highest BCUT2D eigenvalue weighted by Gasteiger charge is 2.28. The van der Waals surface area contributed by atoms with Gasteiger partial charge < -0.3 is 9.47 Å². The monoisotopic (exact) mass is 261 g/mol. The second-order valence-electron chi connectivity index (χ2n) is 3.88. The molecule has 0 saturated heterocycles. The van der Waals surface area contributed by atoms with Crippen molar-refractivity contribution >= 4 is 11.8 Å². The molecule has 1 rings (SSSR count). The maximum atomic E-state index is 11.8. The molecular formula is C14H15NO4. The molecule has 0 aliphatic heterocycles. The van der Waals surface area contributed by atoms with Crippen LogP contribution in [0.5, 0.6) is 5.75 Å². The van der Waals surface area contributed by atoms with E-state index in [9.17, 15) is 9.59 Å². The predicted octanol–water partition coefficient (Wildman–Crippen LogP) is 1.74. The lowest BCUT2D eigenvalue weighted by atomic mass is 9.94. The fourth-order valence-corrected chi connectivity index (χ4v) is 1.69. The highest BCUT2D eigenvalue weighted by Crippen LogP contribution is 2.24. The van der Waals surface area contributed by atoms with E-state index in [1.165, 1.54) is 7.11 Å². The molecule has 1 atom stereocenters. The van der Waals surface area contributed by atoms with Crippen molar-refractivity contribution < 1.29 is 19.1 Å². The van der Waals surface area contributed by atoms with Gasteiger partial charge in [-0.15, -0.1) is 0 Å². The summed E-state index contributed by atoms with van der Waals surface area (Å²) in [5.41, 5.74) is 1.25. The minimum absolute atomic E-state index is 0.102. The summed E-state index contributed by atoms with van der Waals surface area (Å²) >= 11 is 0. The summed E-state index contributed by atoms with van der Waals surface area (Å²) in [5.74, 6) is -2.33. The summed E-state index contributed by atoms with van der Waals surface area (Å²) in [5, 5.41) is 9.07. The first-order valence-corrected chi connectivity index (χ1v) is 5.80. The number of aryl methyl sites for hydroxylation is 1. The van der Waals surface area contributed by atoms with Gasteiger partial charge in [-0.3, -0.25) is 4.79 Å². The first-order valence-electron chi connectivity index (χ1n) is 5.80.